The third kappa shape index (κ3) is 4.03. The number of hydrogen-bond acceptors (Lipinski definition) is 6. The van der Waals surface area contributed by atoms with Gasteiger partial charge in [0.25, 0.3) is 5.56 Å². The summed E-state index contributed by atoms with van der Waals surface area (Å²) in [6.45, 7) is 3.93. The van der Waals surface area contributed by atoms with Gasteiger partial charge in [0, 0.05) is 22.7 Å². The van der Waals surface area contributed by atoms with Gasteiger partial charge in [-0.05, 0) is 31.5 Å². The first kappa shape index (κ1) is 23.7. The van der Waals surface area contributed by atoms with Crippen LogP contribution in [0.15, 0.2) is 76.7 Å². The number of fused-ring (bicyclic) bond motifs is 3. The minimum Gasteiger partial charge on any atom is -0.325 e. The van der Waals surface area contributed by atoms with E-state index in [-0.39, 0.29) is 51.6 Å². The predicted molar refractivity (Wildman–Crippen MR) is 140 cm³/mol. The van der Waals surface area contributed by atoms with Crippen LogP contribution in [0.25, 0.3) is 10.9 Å². The number of benzene rings is 3. The minimum absolute atomic E-state index is 0.0242. The van der Waals surface area contributed by atoms with Gasteiger partial charge in [-0.25, -0.2) is 4.98 Å². The fourth-order valence-electron chi connectivity index (χ4n) is 4.36. The maximum absolute atomic E-state index is 13.2. The highest BCUT2D eigenvalue weighted by molar-refractivity contribution is 7.99. The van der Waals surface area contributed by atoms with Gasteiger partial charge in [-0.3, -0.25) is 23.7 Å². The standard InChI is InChI=1S/C28H23N3O4S/c1-3-16(2)31-27(35)19-11-6-7-13-21(19)30-28(31)36-15-23(32)29-22-14-8-12-20-24(22)26(34)18-10-5-4-9-17(18)25(20)33/h4-14,16H,3,15H2,1-2H3,(H,29,32)/t16-/m1/s1. The lowest BCUT2D eigenvalue weighted by Gasteiger charge is -2.20. The van der Waals surface area contributed by atoms with Gasteiger partial charge in [-0.15, -0.1) is 0 Å². The number of amides is 1. The molecule has 1 aliphatic rings. The van der Waals surface area contributed by atoms with Crippen LogP contribution in [0.5, 0.6) is 0 Å². The van der Waals surface area contributed by atoms with Crippen LogP contribution in [0.4, 0.5) is 5.69 Å². The lowest BCUT2D eigenvalue weighted by Crippen LogP contribution is -2.27. The first-order chi connectivity index (χ1) is 17.4. The summed E-state index contributed by atoms with van der Waals surface area (Å²) in [4.78, 5) is 56.9. The number of nitrogens with one attached hydrogen (secondary N) is 1. The fraction of sp³-hybridized carbons (Fsp3) is 0.179. The quantitative estimate of drug-likeness (QED) is 0.265. The Labute approximate surface area is 211 Å². The van der Waals surface area contributed by atoms with Crippen molar-refractivity contribution in [2.45, 2.75) is 31.5 Å². The van der Waals surface area contributed by atoms with Crippen molar-refractivity contribution in [3.05, 3.63) is 99.3 Å². The van der Waals surface area contributed by atoms with E-state index in [0.717, 1.165) is 18.2 Å². The predicted octanol–water partition coefficient (Wildman–Crippen LogP) is 4.87. The fourth-order valence-corrected chi connectivity index (χ4v) is 5.26. The lowest BCUT2D eigenvalue weighted by atomic mass is 9.83. The van der Waals surface area contributed by atoms with Gasteiger partial charge < -0.3 is 5.32 Å². The van der Waals surface area contributed by atoms with Crippen molar-refractivity contribution < 1.29 is 14.4 Å². The minimum atomic E-state index is -0.370. The van der Waals surface area contributed by atoms with E-state index in [1.807, 2.05) is 19.9 Å². The smallest absolute Gasteiger partial charge is 0.262 e. The first-order valence-corrected chi connectivity index (χ1v) is 12.6. The molecule has 1 atom stereocenters. The Morgan fingerprint density at radius 2 is 1.58 bits per heavy atom. The molecule has 180 valence electrons. The highest BCUT2D eigenvalue weighted by Crippen LogP contribution is 2.32. The molecule has 3 aromatic carbocycles. The second-order valence-corrected chi connectivity index (χ2v) is 9.56. The van der Waals surface area contributed by atoms with E-state index in [9.17, 15) is 19.2 Å². The summed E-state index contributed by atoms with van der Waals surface area (Å²) in [7, 11) is 0. The zero-order valence-corrected chi connectivity index (χ0v) is 20.6. The molecule has 0 aliphatic heterocycles. The van der Waals surface area contributed by atoms with Crippen molar-refractivity contribution >= 4 is 45.8 Å². The molecule has 0 fully saturated rings. The van der Waals surface area contributed by atoms with Crippen LogP contribution in [0, 0.1) is 0 Å². The summed E-state index contributed by atoms with van der Waals surface area (Å²) >= 11 is 1.16. The molecular weight excluding hydrogens is 474 g/mol. The van der Waals surface area contributed by atoms with Crippen molar-refractivity contribution in [3.63, 3.8) is 0 Å². The SMILES string of the molecule is CC[C@@H](C)n1c(SCC(=O)Nc2cccc3c2C(=O)c2ccccc2C3=O)nc2ccccc2c1=O. The number of hydrogen-bond donors (Lipinski definition) is 1. The Hall–Kier alpha value is -4.04. The molecule has 1 aliphatic carbocycles. The van der Waals surface area contributed by atoms with Crippen LogP contribution in [0.2, 0.25) is 0 Å². The van der Waals surface area contributed by atoms with E-state index in [1.54, 1.807) is 65.2 Å². The van der Waals surface area contributed by atoms with Crippen molar-refractivity contribution in [2.75, 3.05) is 11.1 Å². The highest BCUT2D eigenvalue weighted by atomic mass is 32.2. The number of carbonyl (C=O) groups is 3. The lowest BCUT2D eigenvalue weighted by molar-refractivity contribution is -0.113. The van der Waals surface area contributed by atoms with Crippen LogP contribution in [-0.4, -0.2) is 32.8 Å². The van der Waals surface area contributed by atoms with Crippen LogP contribution < -0.4 is 10.9 Å². The number of nitrogens with zero attached hydrogens (tertiary/aromatic N) is 2. The molecule has 1 amide bonds. The van der Waals surface area contributed by atoms with E-state index in [0.29, 0.717) is 27.2 Å². The van der Waals surface area contributed by atoms with E-state index < -0.39 is 0 Å². The average Bonchev–Trinajstić information content (AvgIpc) is 2.90. The number of anilines is 1. The Bertz CT molecular complexity index is 1610. The number of rotatable bonds is 6. The second kappa shape index (κ2) is 9.54. The van der Waals surface area contributed by atoms with Crippen molar-refractivity contribution in [1.82, 2.24) is 9.55 Å². The normalized spacial score (nSPS) is 13.3. The maximum atomic E-state index is 13.2. The second-order valence-electron chi connectivity index (χ2n) is 8.61. The third-order valence-electron chi connectivity index (χ3n) is 6.37. The molecule has 8 heteroatoms. The zero-order valence-electron chi connectivity index (χ0n) is 19.8. The molecule has 0 radical (unpaired) electrons. The van der Waals surface area contributed by atoms with Crippen LogP contribution in [0.1, 0.15) is 58.2 Å². The topological polar surface area (TPSA) is 98.1 Å². The van der Waals surface area contributed by atoms with Gasteiger partial charge in [0.2, 0.25) is 5.91 Å². The summed E-state index contributed by atoms with van der Waals surface area (Å²) in [6, 6.07) is 18.6. The van der Waals surface area contributed by atoms with Gasteiger partial charge in [0.1, 0.15) is 0 Å². The molecule has 0 bridgehead atoms. The van der Waals surface area contributed by atoms with Gasteiger partial charge in [-0.1, -0.05) is 67.2 Å². The molecule has 1 heterocycles. The average molecular weight is 498 g/mol. The summed E-state index contributed by atoms with van der Waals surface area (Å²) < 4.78 is 1.63. The molecule has 0 saturated carbocycles. The Kier molecular flexibility index (Phi) is 6.28. The number of thioether (sulfide) groups is 1. The highest BCUT2D eigenvalue weighted by Gasteiger charge is 2.31. The van der Waals surface area contributed by atoms with Crippen LogP contribution in [-0.2, 0) is 4.79 Å². The van der Waals surface area contributed by atoms with E-state index in [4.69, 9.17) is 0 Å². The molecule has 0 spiro atoms. The summed E-state index contributed by atoms with van der Waals surface area (Å²) in [5.74, 6) is -0.941. The van der Waals surface area contributed by atoms with E-state index in [1.165, 1.54) is 0 Å². The summed E-state index contributed by atoms with van der Waals surface area (Å²) in [5, 5.41) is 3.78. The van der Waals surface area contributed by atoms with Gasteiger partial charge >= 0.3 is 0 Å². The Morgan fingerprint density at radius 3 is 2.33 bits per heavy atom. The largest absolute Gasteiger partial charge is 0.325 e. The molecule has 1 aromatic heterocycles. The Morgan fingerprint density at radius 1 is 0.917 bits per heavy atom. The summed E-state index contributed by atoms with van der Waals surface area (Å²) in [6.07, 6.45) is 0.730. The molecule has 7 nitrogen and oxygen atoms in total. The van der Waals surface area contributed by atoms with Gasteiger partial charge in [0.05, 0.1) is 27.9 Å². The molecular formula is C28H23N3O4S. The van der Waals surface area contributed by atoms with Crippen LogP contribution >= 0.6 is 11.8 Å². The van der Waals surface area contributed by atoms with E-state index >= 15 is 0 Å². The number of para-hydroxylation sites is 1. The Balaban J connectivity index is 1.42. The zero-order chi connectivity index (χ0) is 25.4. The number of aromatic nitrogens is 2. The molecule has 1 N–H and O–H groups in total. The van der Waals surface area contributed by atoms with Crippen molar-refractivity contribution in [2.24, 2.45) is 0 Å². The number of carbonyl (C=O) groups excluding carboxylic acids is 3. The summed E-state index contributed by atoms with van der Waals surface area (Å²) in [5.41, 5.74) is 1.87. The van der Waals surface area contributed by atoms with Gasteiger partial charge in [0.15, 0.2) is 16.7 Å². The van der Waals surface area contributed by atoms with E-state index in [2.05, 4.69) is 10.3 Å². The van der Waals surface area contributed by atoms with Crippen molar-refractivity contribution in [3.8, 4) is 0 Å². The van der Waals surface area contributed by atoms with Crippen LogP contribution in [0.3, 0.4) is 0 Å². The molecule has 0 unspecified atom stereocenters. The van der Waals surface area contributed by atoms with Gasteiger partial charge in [-0.2, -0.15) is 0 Å². The molecule has 36 heavy (non-hydrogen) atoms. The number of ketones is 2. The molecule has 4 aromatic rings. The van der Waals surface area contributed by atoms with Crippen molar-refractivity contribution in [1.29, 1.82) is 0 Å². The first-order valence-electron chi connectivity index (χ1n) is 11.7. The third-order valence-corrected chi connectivity index (χ3v) is 7.32. The maximum Gasteiger partial charge on any atom is 0.262 e. The monoisotopic (exact) mass is 497 g/mol. The molecule has 0 saturated heterocycles. The molecule has 5 rings (SSSR count).